The predicted molar refractivity (Wildman–Crippen MR) is 83.4 cm³/mol. The highest BCUT2D eigenvalue weighted by Gasteiger charge is 2.13. The van der Waals surface area contributed by atoms with Crippen molar-refractivity contribution in [1.29, 1.82) is 0 Å². The van der Waals surface area contributed by atoms with Crippen LogP contribution in [-0.2, 0) is 0 Å². The first-order valence-electron chi connectivity index (χ1n) is 6.80. The Hall–Kier alpha value is -3.09. The summed E-state index contributed by atoms with van der Waals surface area (Å²) in [6.45, 7) is 5.75. The zero-order valence-electron chi connectivity index (χ0n) is 12.3. The molecule has 23 heavy (non-hydrogen) atoms. The number of nitrogens with zero attached hydrogens (tertiary/aromatic N) is 3. The van der Waals surface area contributed by atoms with Gasteiger partial charge in [0.15, 0.2) is 0 Å². The number of tetrazole rings is 1. The number of H-pyrrole nitrogens is 1. The average Bonchev–Trinajstić information content (AvgIpc) is 3.01. The van der Waals surface area contributed by atoms with Crippen molar-refractivity contribution in [2.75, 3.05) is 5.32 Å². The van der Waals surface area contributed by atoms with Crippen molar-refractivity contribution >= 4 is 11.4 Å². The maximum Gasteiger partial charge on any atom is 0.206 e. The minimum atomic E-state index is -0.684. The maximum atomic E-state index is 13.9. The fraction of sp³-hybridized carbons (Fsp3) is 0.0625. The lowest BCUT2D eigenvalue weighted by molar-refractivity contribution is 0.581. The van der Waals surface area contributed by atoms with Gasteiger partial charge in [-0.3, -0.25) is 0 Å². The fourth-order valence-corrected chi connectivity index (χ4v) is 2.20. The molecule has 0 atom stereocenters. The topological polar surface area (TPSA) is 66.5 Å². The van der Waals surface area contributed by atoms with Gasteiger partial charge in [0, 0.05) is 28.6 Å². The van der Waals surface area contributed by atoms with E-state index in [0.717, 1.165) is 11.6 Å². The Balaban J connectivity index is 1.96. The number of halogens is 2. The molecule has 1 heterocycles. The number of aromatic amines is 1. The molecule has 0 unspecified atom stereocenters. The van der Waals surface area contributed by atoms with Crippen LogP contribution >= 0.6 is 0 Å². The zero-order chi connectivity index (χ0) is 16.4. The van der Waals surface area contributed by atoms with E-state index < -0.39 is 11.6 Å². The van der Waals surface area contributed by atoms with Crippen LogP contribution in [0.3, 0.4) is 0 Å². The minimum Gasteiger partial charge on any atom is -0.355 e. The molecule has 0 aliphatic rings. The van der Waals surface area contributed by atoms with Gasteiger partial charge in [0.2, 0.25) is 5.82 Å². The summed E-state index contributed by atoms with van der Waals surface area (Å²) >= 11 is 0. The maximum absolute atomic E-state index is 13.9. The highest BCUT2D eigenvalue weighted by atomic mass is 19.1. The molecule has 0 amide bonds. The predicted octanol–water partition coefficient (Wildman–Crippen LogP) is 3.54. The van der Waals surface area contributed by atoms with Gasteiger partial charge in [0.1, 0.15) is 11.6 Å². The third-order valence-electron chi connectivity index (χ3n) is 3.30. The van der Waals surface area contributed by atoms with E-state index in [2.05, 4.69) is 32.5 Å². The van der Waals surface area contributed by atoms with E-state index in [0.29, 0.717) is 22.8 Å². The van der Waals surface area contributed by atoms with Crippen molar-refractivity contribution in [1.82, 2.24) is 20.6 Å². The summed E-state index contributed by atoms with van der Waals surface area (Å²) < 4.78 is 26.9. The van der Waals surface area contributed by atoms with Crippen molar-refractivity contribution in [3.63, 3.8) is 0 Å². The number of aromatic nitrogens is 4. The smallest absolute Gasteiger partial charge is 0.206 e. The lowest BCUT2D eigenvalue weighted by Crippen LogP contribution is -2.02. The molecule has 116 valence electrons. The number of hydrogen-bond donors (Lipinski definition) is 2. The Morgan fingerprint density at radius 3 is 2.70 bits per heavy atom. The molecule has 0 saturated heterocycles. The van der Waals surface area contributed by atoms with Crippen LogP contribution in [0.5, 0.6) is 0 Å². The van der Waals surface area contributed by atoms with Crippen molar-refractivity contribution in [2.45, 2.75) is 6.92 Å². The van der Waals surface area contributed by atoms with Crippen LogP contribution in [0.1, 0.15) is 11.1 Å². The molecular formula is C16H13F2N5. The standard InChI is InChI=1S/C16H13F2N5/c1-9-3-5-13(16-20-22-23-21-16)15(7-9)19-10(2)12-6-4-11(17)8-14(12)18/h3-8,19H,2H2,1H3,(H,20,21,22,23). The Labute approximate surface area is 131 Å². The summed E-state index contributed by atoms with van der Waals surface area (Å²) in [5.41, 5.74) is 2.82. The van der Waals surface area contributed by atoms with Crippen molar-refractivity contribution in [3.8, 4) is 11.4 Å². The molecule has 0 aliphatic heterocycles. The molecule has 0 spiro atoms. The van der Waals surface area contributed by atoms with Crippen molar-refractivity contribution in [3.05, 3.63) is 65.7 Å². The molecule has 0 radical (unpaired) electrons. The van der Waals surface area contributed by atoms with Gasteiger partial charge in [-0.25, -0.2) is 8.78 Å². The minimum absolute atomic E-state index is 0.187. The molecule has 1 aromatic heterocycles. The second kappa shape index (κ2) is 5.96. The molecule has 2 aromatic carbocycles. The van der Waals surface area contributed by atoms with Crippen LogP contribution in [0.4, 0.5) is 14.5 Å². The summed E-state index contributed by atoms with van der Waals surface area (Å²) in [5, 5.41) is 16.9. The van der Waals surface area contributed by atoms with Crippen LogP contribution in [0, 0.1) is 18.6 Å². The molecule has 0 aliphatic carbocycles. The van der Waals surface area contributed by atoms with Gasteiger partial charge in [0.25, 0.3) is 0 Å². The molecule has 7 heteroatoms. The summed E-state index contributed by atoms with van der Waals surface area (Å²) in [4.78, 5) is 0. The number of hydrogen-bond acceptors (Lipinski definition) is 4. The Morgan fingerprint density at radius 1 is 1.17 bits per heavy atom. The van der Waals surface area contributed by atoms with Gasteiger partial charge in [-0.1, -0.05) is 12.6 Å². The first kappa shape index (κ1) is 14.8. The van der Waals surface area contributed by atoms with E-state index in [1.165, 1.54) is 12.1 Å². The lowest BCUT2D eigenvalue weighted by atomic mass is 10.1. The molecule has 3 rings (SSSR count). The first-order chi connectivity index (χ1) is 11.0. The largest absolute Gasteiger partial charge is 0.355 e. The van der Waals surface area contributed by atoms with Crippen molar-refractivity contribution < 1.29 is 8.78 Å². The van der Waals surface area contributed by atoms with E-state index in [-0.39, 0.29) is 5.56 Å². The van der Waals surface area contributed by atoms with Crippen LogP contribution in [-0.4, -0.2) is 20.6 Å². The van der Waals surface area contributed by atoms with E-state index in [9.17, 15) is 8.78 Å². The number of benzene rings is 2. The van der Waals surface area contributed by atoms with E-state index in [1.807, 2.05) is 25.1 Å². The second-order valence-electron chi connectivity index (χ2n) is 5.01. The molecule has 2 N–H and O–H groups in total. The monoisotopic (exact) mass is 313 g/mol. The lowest BCUT2D eigenvalue weighted by Gasteiger charge is -2.14. The van der Waals surface area contributed by atoms with Gasteiger partial charge < -0.3 is 5.32 Å². The van der Waals surface area contributed by atoms with E-state index in [4.69, 9.17) is 0 Å². The first-order valence-corrected chi connectivity index (χ1v) is 6.80. The number of rotatable bonds is 4. The van der Waals surface area contributed by atoms with Crippen LogP contribution < -0.4 is 5.32 Å². The normalized spacial score (nSPS) is 10.6. The van der Waals surface area contributed by atoms with Gasteiger partial charge in [0.05, 0.1) is 0 Å². The number of anilines is 1. The molecule has 0 saturated carbocycles. The molecule has 3 aromatic rings. The van der Waals surface area contributed by atoms with Crippen molar-refractivity contribution in [2.24, 2.45) is 0 Å². The second-order valence-corrected chi connectivity index (χ2v) is 5.01. The highest BCUT2D eigenvalue weighted by Crippen LogP contribution is 2.29. The van der Waals surface area contributed by atoms with E-state index in [1.54, 1.807) is 0 Å². The summed E-state index contributed by atoms with van der Waals surface area (Å²) in [6.07, 6.45) is 0. The van der Waals surface area contributed by atoms with Gasteiger partial charge in [-0.05, 0) is 42.0 Å². The highest BCUT2D eigenvalue weighted by molar-refractivity contribution is 5.83. The van der Waals surface area contributed by atoms with Crippen LogP contribution in [0.25, 0.3) is 17.1 Å². The van der Waals surface area contributed by atoms with Gasteiger partial charge in [-0.15, -0.1) is 10.2 Å². The third kappa shape index (κ3) is 3.08. The zero-order valence-corrected chi connectivity index (χ0v) is 12.3. The van der Waals surface area contributed by atoms with Crippen LogP contribution in [0.15, 0.2) is 43.0 Å². The number of nitrogens with one attached hydrogen (secondary N) is 2. The Morgan fingerprint density at radius 2 is 2.00 bits per heavy atom. The molecule has 0 bridgehead atoms. The van der Waals surface area contributed by atoms with Gasteiger partial charge >= 0.3 is 0 Å². The van der Waals surface area contributed by atoms with Crippen LogP contribution in [0.2, 0.25) is 0 Å². The molecule has 0 fully saturated rings. The summed E-state index contributed by atoms with van der Waals surface area (Å²) in [6, 6.07) is 8.93. The van der Waals surface area contributed by atoms with Gasteiger partial charge in [-0.2, -0.15) is 5.21 Å². The average molecular weight is 313 g/mol. The Bertz CT molecular complexity index is 859. The molecule has 5 nitrogen and oxygen atoms in total. The Kier molecular flexibility index (Phi) is 3.84. The summed E-state index contributed by atoms with van der Waals surface area (Å²) in [5.74, 6) is -0.918. The summed E-state index contributed by atoms with van der Waals surface area (Å²) in [7, 11) is 0. The number of aryl methyl sites for hydroxylation is 1. The third-order valence-corrected chi connectivity index (χ3v) is 3.30. The molecular weight excluding hydrogens is 300 g/mol. The fourth-order valence-electron chi connectivity index (χ4n) is 2.20. The van der Waals surface area contributed by atoms with E-state index >= 15 is 0 Å². The SMILES string of the molecule is C=C(Nc1cc(C)ccc1-c1nn[nH]n1)c1ccc(F)cc1F. The quantitative estimate of drug-likeness (QED) is 0.773.